The predicted octanol–water partition coefficient (Wildman–Crippen LogP) is 3.91. The van der Waals surface area contributed by atoms with Gasteiger partial charge in [0, 0.05) is 16.9 Å². The number of rotatable bonds is 4. The largest absolute Gasteiger partial charge is 0.294 e. The van der Waals surface area contributed by atoms with E-state index in [2.05, 4.69) is 0 Å². The van der Waals surface area contributed by atoms with Crippen LogP contribution < -0.4 is 4.90 Å². The summed E-state index contributed by atoms with van der Waals surface area (Å²) in [5, 5.41) is 0. The number of nitrogens with zero attached hydrogens (tertiary/aromatic N) is 1. The second-order valence-corrected chi connectivity index (χ2v) is 6.73. The third kappa shape index (κ3) is 3.76. The molecule has 0 heterocycles. The maximum Gasteiger partial charge on any atom is 0.294 e. The molecule has 3 aromatic carbocycles. The Morgan fingerprint density at radius 2 is 1.20 bits per heavy atom. The fourth-order valence-corrected chi connectivity index (χ4v) is 2.92. The molecule has 1 amide bonds. The first-order chi connectivity index (χ1) is 12.0. The van der Waals surface area contributed by atoms with Crippen molar-refractivity contribution in [2.45, 2.75) is 4.90 Å². The topological polar surface area (TPSA) is 74.7 Å². The summed E-state index contributed by atoms with van der Waals surface area (Å²) < 4.78 is 31.5. The van der Waals surface area contributed by atoms with Gasteiger partial charge in [-0.1, -0.05) is 36.4 Å². The molecule has 0 bridgehead atoms. The van der Waals surface area contributed by atoms with Crippen molar-refractivity contribution >= 4 is 27.4 Å². The highest BCUT2D eigenvalue weighted by molar-refractivity contribution is 7.85. The Bertz CT molecular complexity index is 969. The molecule has 126 valence electrons. The Kier molecular flexibility index (Phi) is 4.65. The monoisotopic (exact) mass is 353 g/mol. The van der Waals surface area contributed by atoms with Crippen molar-refractivity contribution < 1.29 is 17.8 Å². The van der Waals surface area contributed by atoms with Gasteiger partial charge in [-0.15, -0.1) is 0 Å². The first-order valence-corrected chi connectivity index (χ1v) is 8.93. The van der Waals surface area contributed by atoms with Crippen LogP contribution in [-0.2, 0) is 10.1 Å². The van der Waals surface area contributed by atoms with Crippen LogP contribution in [0.4, 0.5) is 11.4 Å². The maximum atomic E-state index is 13.0. The van der Waals surface area contributed by atoms with Crippen LogP contribution in [0.25, 0.3) is 0 Å². The van der Waals surface area contributed by atoms with E-state index in [4.69, 9.17) is 4.55 Å². The van der Waals surface area contributed by atoms with Crippen molar-refractivity contribution in [3.8, 4) is 0 Å². The molecule has 0 atom stereocenters. The highest BCUT2D eigenvalue weighted by Crippen LogP contribution is 2.28. The highest BCUT2D eigenvalue weighted by Gasteiger charge is 2.20. The SMILES string of the molecule is O=C(c1ccccc1)N(c1ccccc1)c1ccc(S(=O)(=O)O)cc1. The second-order valence-electron chi connectivity index (χ2n) is 5.31. The summed E-state index contributed by atoms with van der Waals surface area (Å²) in [6, 6.07) is 23.3. The number of benzene rings is 3. The Morgan fingerprint density at radius 3 is 1.72 bits per heavy atom. The van der Waals surface area contributed by atoms with Gasteiger partial charge in [0.2, 0.25) is 0 Å². The van der Waals surface area contributed by atoms with Gasteiger partial charge in [-0.05, 0) is 48.5 Å². The molecule has 6 heteroatoms. The third-order valence-electron chi connectivity index (χ3n) is 3.63. The van der Waals surface area contributed by atoms with Gasteiger partial charge in [0.15, 0.2) is 0 Å². The Labute approximate surface area is 145 Å². The van der Waals surface area contributed by atoms with Gasteiger partial charge in [0.25, 0.3) is 16.0 Å². The Morgan fingerprint density at radius 1 is 0.720 bits per heavy atom. The first-order valence-electron chi connectivity index (χ1n) is 7.49. The zero-order chi connectivity index (χ0) is 17.9. The second kappa shape index (κ2) is 6.88. The molecule has 0 saturated heterocycles. The molecule has 0 aromatic heterocycles. The highest BCUT2D eigenvalue weighted by atomic mass is 32.2. The lowest BCUT2D eigenvalue weighted by molar-refractivity contribution is 0.0999. The Hall–Kier alpha value is -2.96. The summed E-state index contributed by atoms with van der Waals surface area (Å²) in [4.78, 5) is 14.2. The molecule has 25 heavy (non-hydrogen) atoms. The van der Waals surface area contributed by atoms with Gasteiger partial charge < -0.3 is 0 Å². The predicted molar refractivity (Wildman–Crippen MR) is 95.6 cm³/mol. The lowest BCUT2D eigenvalue weighted by atomic mass is 10.1. The molecule has 3 rings (SSSR count). The number of amides is 1. The molecular formula is C19H15NO4S. The van der Waals surface area contributed by atoms with Crippen molar-refractivity contribution in [1.82, 2.24) is 0 Å². The van der Waals surface area contributed by atoms with Crippen molar-refractivity contribution in [1.29, 1.82) is 0 Å². The molecular weight excluding hydrogens is 338 g/mol. The average Bonchev–Trinajstić information content (AvgIpc) is 2.63. The van der Waals surface area contributed by atoms with Gasteiger partial charge in [-0.2, -0.15) is 8.42 Å². The molecule has 0 spiro atoms. The summed E-state index contributed by atoms with van der Waals surface area (Å²) >= 11 is 0. The summed E-state index contributed by atoms with van der Waals surface area (Å²) in [5.74, 6) is -0.244. The summed E-state index contributed by atoms with van der Waals surface area (Å²) in [6.45, 7) is 0. The van der Waals surface area contributed by atoms with Crippen molar-refractivity contribution in [3.05, 3.63) is 90.5 Å². The molecule has 0 aliphatic heterocycles. The third-order valence-corrected chi connectivity index (χ3v) is 4.50. The van der Waals surface area contributed by atoms with Gasteiger partial charge in [0.05, 0.1) is 4.90 Å². The molecule has 0 saturated carbocycles. The van der Waals surface area contributed by atoms with Crippen LogP contribution in [-0.4, -0.2) is 18.9 Å². The minimum Gasteiger partial charge on any atom is -0.282 e. The van der Waals surface area contributed by atoms with Gasteiger partial charge in [0.1, 0.15) is 0 Å². The molecule has 0 aliphatic rings. The smallest absolute Gasteiger partial charge is 0.282 e. The fourth-order valence-electron chi connectivity index (χ4n) is 2.44. The lowest BCUT2D eigenvalue weighted by Gasteiger charge is -2.23. The van der Waals surface area contributed by atoms with E-state index in [0.717, 1.165) is 0 Å². The normalized spacial score (nSPS) is 11.1. The van der Waals surface area contributed by atoms with Crippen molar-refractivity contribution in [2.75, 3.05) is 4.90 Å². The summed E-state index contributed by atoms with van der Waals surface area (Å²) in [6.07, 6.45) is 0. The number of carbonyl (C=O) groups excluding carboxylic acids is 1. The minimum absolute atomic E-state index is 0.226. The molecule has 0 aliphatic carbocycles. The molecule has 0 unspecified atom stereocenters. The lowest BCUT2D eigenvalue weighted by Crippen LogP contribution is -2.25. The van der Waals surface area contributed by atoms with Crippen LogP contribution in [0.1, 0.15) is 10.4 Å². The van der Waals surface area contributed by atoms with E-state index in [-0.39, 0.29) is 10.8 Å². The van der Waals surface area contributed by atoms with E-state index in [1.165, 1.54) is 29.2 Å². The van der Waals surface area contributed by atoms with E-state index in [1.807, 2.05) is 24.3 Å². The van der Waals surface area contributed by atoms with Gasteiger partial charge >= 0.3 is 0 Å². The number of hydrogen-bond acceptors (Lipinski definition) is 3. The Balaban J connectivity index is 2.08. The quantitative estimate of drug-likeness (QED) is 0.722. The van der Waals surface area contributed by atoms with Crippen LogP contribution >= 0.6 is 0 Å². The molecule has 0 radical (unpaired) electrons. The molecule has 1 N–H and O–H groups in total. The maximum absolute atomic E-state index is 13.0. The summed E-state index contributed by atoms with van der Waals surface area (Å²) in [7, 11) is -4.29. The van der Waals surface area contributed by atoms with Crippen LogP contribution in [0, 0.1) is 0 Å². The van der Waals surface area contributed by atoms with E-state index >= 15 is 0 Å². The first kappa shape index (κ1) is 16.9. The summed E-state index contributed by atoms with van der Waals surface area (Å²) in [5.41, 5.74) is 1.65. The minimum atomic E-state index is -4.29. The number of hydrogen-bond donors (Lipinski definition) is 1. The fraction of sp³-hybridized carbons (Fsp3) is 0. The van der Waals surface area contributed by atoms with E-state index < -0.39 is 10.1 Å². The zero-order valence-corrected chi connectivity index (χ0v) is 13.9. The van der Waals surface area contributed by atoms with Crippen LogP contribution in [0.5, 0.6) is 0 Å². The average molecular weight is 353 g/mol. The van der Waals surface area contributed by atoms with E-state index in [1.54, 1.807) is 36.4 Å². The number of carbonyl (C=O) groups is 1. The van der Waals surface area contributed by atoms with Gasteiger partial charge in [-0.3, -0.25) is 14.2 Å². The number of anilines is 2. The standard InChI is InChI=1S/C19H15NO4S/c21-19(15-7-3-1-4-8-15)20(16-9-5-2-6-10-16)17-11-13-18(14-12-17)25(22,23)24/h1-14H,(H,22,23,24). The van der Waals surface area contributed by atoms with Crippen LogP contribution in [0.15, 0.2) is 89.8 Å². The van der Waals surface area contributed by atoms with Crippen molar-refractivity contribution in [3.63, 3.8) is 0 Å². The van der Waals surface area contributed by atoms with Crippen LogP contribution in [0.3, 0.4) is 0 Å². The van der Waals surface area contributed by atoms with Crippen molar-refractivity contribution in [2.24, 2.45) is 0 Å². The van der Waals surface area contributed by atoms with E-state index in [9.17, 15) is 13.2 Å². The zero-order valence-electron chi connectivity index (χ0n) is 13.1. The number of para-hydroxylation sites is 1. The van der Waals surface area contributed by atoms with Crippen LogP contribution in [0.2, 0.25) is 0 Å². The molecule has 3 aromatic rings. The van der Waals surface area contributed by atoms with E-state index in [0.29, 0.717) is 16.9 Å². The molecule has 5 nitrogen and oxygen atoms in total. The van der Waals surface area contributed by atoms with Gasteiger partial charge in [-0.25, -0.2) is 0 Å². The molecule has 0 fully saturated rings.